The van der Waals surface area contributed by atoms with Gasteiger partial charge in [0.25, 0.3) is 0 Å². The second-order valence-corrected chi connectivity index (χ2v) is 20.3. The number of esters is 1. The maximum absolute atomic E-state index is 15.1. The van der Waals surface area contributed by atoms with Crippen molar-refractivity contribution in [2.75, 3.05) is 41.5 Å². The summed E-state index contributed by atoms with van der Waals surface area (Å²) in [6, 6.07) is 8.78. The lowest BCUT2D eigenvalue weighted by atomic mass is 9.73. The van der Waals surface area contributed by atoms with E-state index >= 15 is 4.79 Å². The van der Waals surface area contributed by atoms with Crippen molar-refractivity contribution in [1.29, 1.82) is 0 Å². The van der Waals surface area contributed by atoms with Crippen LogP contribution in [0, 0.1) is 23.7 Å². The molecule has 67 heavy (non-hydrogen) atoms. The predicted octanol–water partition coefficient (Wildman–Crippen LogP) is 5.20. The molecule has 1 aromatic heterocycles. The van der Waals surface area contributed by atoms with E-state index in [-0.39, 0.29) is 31.1 Å². The number of likely N-dealkylation sites (N-methyl/N-ethyl adjacent to an activating group) is 1. The summed E-state index contributed by atoms with van der Waals surface area (Å²) < 4.78 is 51.2. The zero-order chi connectivity index (χ0) is 49.2. The largest absolute Gasteiger partial charge is 0.458 e. The van der Waals surface area contributed by atoms with E-state index in [0.717, 1.165) is 16.5 Å². The van der Waals surface area contributed by atoms with Gasteiger partial charge in [0, 0.05) is 62.6 Å². The Kier molecular flexibility index (Phi) is 17.2. The maximum Gasteiger partial charge on any atom is 0.425 e. The number of aliphatic hydroxyl groups is 2. The summed E-state index contributed by atoms with van der Waals surface area (Å²) in [6.45, 7) is 16.9. The van der Waals surface area contributed by atoms with Crippen molar-refractivity contribution in [3.05, 3.63) is 42.1 Å². The Balaban J connectivity index is 1.38. The number of aromatic nitrogens is 1. The van der Waals surface area contributed by atoms with E-state index in [2.05, 4.69) is 10.4 Å². The van der Waals surface area contributed by atoms with Crippen LogP contribution in [0.4, 0.5) is 4.79 Å². The third kappa shape index (κ3) is 10.9. The number of ether oxygens (including phenoxy) is 8. The first-order chi connectivity index (χ1) is 31.6. The molecule has 3 N–H and O–H groups in total. The summed E-state index contributed by atoms with van der Waals surface area (Å²) in [4.78, 5) is 50.5. The number of methoxy groups -OCH3 is 2. The summed E-state index contributed by atoms with van der Waals surface area (Å²) in [5, 5.41) is 25.3. The van der Waals surface area contributed by atoms with E-state index in [1.807, 2.05) is 77.0 Å². The monoisotopic (exact) mass is 943 g/mol. The number of hydrogen-bond donors (Lipinski definition) is 3. The van der Waals surface area contributed by atoms with Gasteiger partial charge in [0.05, 0.1) is 47.6 Å². The minimum absolute atomic E-state index is 0.126. The molecule has 0 spiro atoms. The molecular weight excluding hydrogens is 865 g/mol. The summed E-state index contributed by atoms with van der Waals surface area (Å²) in [6.07, 6.45) is -4.16. The Bertz CT molecular complexity index is 2010. The van der Waals surface area contributed by atoms with Crippen molar-refractivity contribution in [1.82, 2.24) is 20.3 Å². The second kappa shape index (κ2) is 21.7. The Hall–Kier alpha value is -3.36. The van der Waals surface area contributed by atoms with Gasteiger partial charge in [-0.05, 0) is 98.5 Å². The van der Waals surface area contributed by atoms with E-state index in [1.54, 1.807) is 47.9 Å². The molecule has 0 aliphatic carbocycles. The maximum atomic E-state index is 15.1. The first-order valence-corrected chi connectivity index (χ1v) is 24.2. The van der Waals surface area contributed by atoms with Crippen LogP contribution in [0.5, 0.6) is 0 Å². The van der Waals surface area contributed by atoms with Crippen LogP contribution in [0.25, 0.3) is 10.9 Å². The van der Waals surface area contributed by atoms with Crippen molar-refractivity contribution in [2.24, 2.45) is 23.7 Å². The quantitative estimate of drug-likeness (QED) is 0.175. The van der Waals surface area contributed by atoms with Gasteiger partial charge in [0.2, 0.25) is 0 Å². The van der Waals surface area contributed by atoms with Gasteiger partial charge < -0.3 is 53.0 Å². The first kappa shape index (κ1) is 53.0. The van der Waals surface area contributed by atoms with E-state index in [1.165, 1.54) is 12.1 Å². The third-order valence-electron chi connectivity index (χ3n) is 15.4. The lowest BCUT2D eigenvalue weighted by molar-refractivity contribution is -0.314. The van der Waals surface area contributed by atoms with Gasteiger partial charge in [-0.15, -0.1) is 0 Å². The van der Waals surface area contributed by atoms with Crippen LogP contribution >= 0.6 is 0 Å². The third-order valence-corrected chi connectivity index (χ3v) is 15.4. The van der Waals surface area contributed by atoms with Gasteiger partial charge >= 0.3 is 12.1 Å². The molecule has 1 aromatic carbocycles. The number of benzene rings is 1. The zero-order valence-corrected chi connectivity index (χ0v) is 41.9. The molecule has 4 fully saturated rings. The molecule has 4 aliphatic heterocycles. The van der Waals surface area contributed by atoms with Crippen LogP contribution in [0.2, 0.25) is 0 Å². The topological polar surface area (TPSA) is 197 Å². The number of carbonyl (C=O) groups is 3. The van der Waals surface area contributed by atoms with Crippen LogP contribution in [0.1, 0.15) is 100.0 Å². The Morgan fingerprint density at radius 3 is 2.31 bits per heavy atom. The lowest BCUT2D eigenvalue weighted by Crippen LogP contribution is -2.62. The smallest absolute Gasteiger partial charge is 0.425 e. The molecule has 2 aromatic rings. The van der Waals surface area contributed by atoms with Crippen molar-refractivity contribution in [2.45, 2.75) is 179 Å². The molecule has 1 unspecified atom stereocenters. The highest BCUT2D eigenvalue weighted by atomic mass is 16.7. The summed E-state index contributed by atoms with van der Waals surface area (Å²) >= 11 is 0. The number of para-hydroxylation sites is 1. The number of nitrogens with one attached hydrogen (secondary N) is 1. The molecule has 376 valence electrons. The normalized spacial score (nSPS) is 40.4. The molecule has 4 aliphatic rings. The van der Waals surface area contributed by atoms with Crippen molar-refractivity contribution in [3.8, 4) is 0 Å². The highest BCUT2D eigenvalue weighted by Crippen LogP contribution is 2.44. The zero-order valence-electron chi connectivity index (χ0n) is 41.9. The lowest BCUT2D eigenvalue weighted by Gasteiger charge is -2.49. The molecule has 0 bridgehead atoms. The Morgan fingerprint density at radius 2 is 1.64 bits per heavy atom. The fourth-order valence-electron chi connectivity index (χ4n) is 11.3. The van der Waals surface area contributed by atoms with E-state index < -0.39 is 108 Å². The van der Waals surface area contributed by atoms with Gasteiger partial charge in [0.15, 0.2) is 18.2 Å². The van der Waals surface area contributed by atoms with Crippen LogP contribution < -0.4 is 5.43 Å². The average Bonchev–Trinajstić information content (AvgIpc) is 3.57. The molecule has 6 rings (SSSR count). The predicted molar refractivity (Wildman–Crippen MR) is 248 cm³/mol. The Morgan fingerprint density at radius 1 is 0.940 bits per heavy atom. The van der Waals surface area contributed by atoms with E-state index in [0.29, 0.717) is 32.4 Å². The molecule has 1 amide bonds. The average molecular weight is 943 g/mol. The number of carbonyl (C=O) groups excluding carboxylic acids is 3. The number of rotatable bonds is 13. The first-order valence-electron chi connectivity index (χ1n) is 24.2. The molecule has 0 saturated carbocycles. The van der Waals surface area contributed by atoms with Crippen LogP contribution in [0.3, 0.4) is 0 Å². The molecule has 4 saturated heterocycles. The minimum Gasteiger partial charge on any atom is -0.458 e. The molecule has 5 heterocycles. The number of cyclic esters (lactones) is 1. The number of amides is 1. The number of ketones is 1. The van der Waals surface area contributed by atoms with Gasteiger partial charge in [-0.2, -0.15) is 0 Å². The number of hydrogen-bond acceptors (Lipinski definition) is 16. The van der Waals surface area contributed by atoms with Crippen molar-refractivity contribution >= 4 is 28.7 Å². The molecule has 17 nitrogen and oxygen atoms in total. The fourth-order valence-corrected chi connectivity index (χ4v) is 11.3. The highest BCUT2D eigenvalue weighted by Gasteiger charge is 2.61. The fraction of sp³-hybridized carbons (Fsp3) is 0.760. The molecule has 17 atom stereocenters. The van der Waals surface area contributed by atoms with Gasteiger partial charge in [-0.25, -0.2) is 15.2 Å². The highest BCUT2D eigenvalue weighted by molar-refractivity contribution is 5.85. The number of pyridine rings is 1. The molecular formula is C50H78N4O13. The molecule has 17 heteroatoms. The number of aliphatic hydroxyl groups excluding tert-OH is 2. The standard InChI is InChI=1S/C50H78N4O13/c1-14-37-50(9)42(54(47(59)67-50)52-23-17-18-33-21-24-51-35-20-16-15-19-34(33)35)29(3)39(55)28(2)26-49(8,61-13)44(66-46-40(56)36(53(10)11)22-25-62-46)30(4)41(31(5)45(58)64-37)65-38-27-48(7,60-12)43(57)32(6)63-38/h15-16,19-21,24,28-32,36-38,40-44,46,52,56-57H,14,17-18,22-23,25-27H2,1-13H3/t28-,29+,30+,31-,32+,36+,37-,38?,40-,41+,42+,43+,44-,46+,48-,49-,50-/m1/s1. The van der Waals surface area contributed by atoms with E-state index in [4.69, 9.17) is 37.9 Å². The SMILES string of the molecule is CC[C@H]1OC(=O)[C@H](C)[C@@H](OC2C[C@@](C)(OC)[C@@H](O)[C@H](C)O2)[C@H](C)[C@@H](O[C@@H]2OCC[C@H](N(C)C)[C@H]2O)[C@](C)(OC)C[C@@H](C)C(=O)[C@H](C)[C@@H]2N(NCCCc3ccnc4ccccc34)C(=O)O[C@@]21C. The van der Waals surface area contributed by atoms with Crippen LogP contribution in [0.15, 0.2) is 36.5 Å². The van der Waals surface area contributed by atoms with Crippen LogP contribution in [-0.2, 0) is 53.9 Å². The van der Waals surface area contributed by atoms with Crippen molar-refractivity contribution < 1.29 is 62.5 Å². The van der Waals surface area contributed by atoms with Gasteiger partial charge in [-0.3, -0.25) is 14.6 Å². The summed E-state index contributed by atoms with van der Waals surface area (Å²) in [5.41, 5.74) is 1.57. The Labute approximate surface area is 396 Å². The van der Waals surface area contributed by atoms with Gasteiger partial charge in [0.1, 0.15) is 30.1 Å². The number of fused-ring (bicyclic) bond motifs is 2. The van der Waals surface area contributed by atoms with Crippen molar-refractivity contribution in [3.63, 3.8) is 0 Å². The minimum atomic E-state index is -1.47. The summed E-state index contributed by atoms with van der Waals surface area (Å²) in [7, 11) is 6.84. The second-order valence-electron chi connectivity index (χ2n) is 20.3. The number of aryl methyl sites for hydroxylation is 1. The summed E-state index contributed by atoms with van der Waals surface area (Å²) in [5.74, 6) is -4.01. The number of nitrogens with zero attached hydrogens (tertiary/aromatic N) is 3. The number of Topliss-reactive ketones (excluding diaryl/α,β-unsaturated/α-hetero) is 1. The van der Waals surface area contributed by atoms with Crippen LogP contribution in [-0.4, -0.2) is 163 Å². The van der Waals surface area contributed by atoms with E-state index in [9.17, 15) is 19.8 Å². The molecule has 0 radical (unpaired) electrons. The van der Waals surface area contributed by atoms with Gasteiger partial charge in [-0.1, -0.05) is 45.9 Å². The number of hydrazine groups is 1.